The van der Waals surface area contributed by atoms with E-state index in [1.54, 1.807) is 30.9 Å². The summed E-state index contributed by atoms with van der Waals surface area (Å²) in [6, 6.07) is 11.0. The SMILES string of the molecule is Cc1cccc(C)c1NC(=O)CN(C)C(=O)c1ccc2c(c1)NC(=O)CCS2. The molecule has 0 spiro atoms. The van der Waals surface area contributed by atoms with Crippen molar-refractivity contribution in [2.24, 2.45) is 0 Å². The summed E-state index contributed by atoms with van der Waals surface area (Å²) in [6.07, 6.45) is 0.445. The number of para-hydroxylation sites is 1. The van der Waals surface area contributed by atoms with Crippen LogP contribution in [-0.4, -0.2) is 42.0 Å². The van der Waals surface area contributed by atoms with Crippen LogP contribution in [0.3, 0.4) is 0 Å². The predicted octanol–water partition coefficient (Wildman–Crippen LogP) is 3.45. The van der Waals surface area contributed by atoms with Crippen molar-refractivity contribution in [2.45, 2.75) is 25.2 Å². The zero-order chi connectivity index (χ0) is 20.3. The van der Waals surface area contributed by atoms with E-state index in [0.29, 0.717) is 23.4 Å². The Labute approximate surface area is 168 Å². The topological polar surface area (TPSA) is 78.5 Å². The highest BCUT2D eigenvalue weighted by Gasteiger charge is 2.19. The standard InChI is InChI=1S/C21H23N3O3S/c1-13-5-4-6-14(2)20(13)23-19(26)12-24(3)21(27)15-7-8-17-16(11-15)22-18(25)9-10-28-17/h4-8,11H,9-10,12H2,1-3H3,(H,22,25)(H,23,26). The molecular weight excluding hydrogens is 374 g/mol. The number of hydrogen-bond acceptors (Lipinski definition) is 4. The van der Waals surface area contributed by atoms with Gasteiger partial charge in [0.15, 0.2) is 0 Å². The molecule has 2 aromatic carbocycles. The lowest BCUT2D eigenvalue weighted by atomic mass is 10.1. The van der Waals surface area contributed by atoms with E-state index >= 15 is 0 Å². The van der Waals surface area contributed by atoms with E-state index in [1.807, 2.05) is 38.1 Å². The minimum Gasteiger partial charge on any atom is -0.332 e. The van der Waals surface area contributed by atoms with Gasteiger partial charge in [-0.15, -0.1) is 11.8 Å². The second-order valence-corrected chi connectivity index (χ2v) is 7.97. The Hall–Kier alpha value is -2.80. The van der Waals surface area contributed by atoms with Crippen LogP contribution in [0.5, 0.6) is 0 Å². The summed E-state index contributed by atoms with van der Waals surface area (Å²) in [5, 5.41) is 5.72. The molecule has 3 rings (SSSR count). The van der Waals surface area contributed by atoms with Crippen LogP contribution in [0.2, 0.25) is 0 Å². The second-order valence-electron chi connectivity index (χ2n) is 6.83. The number of nitrogens with zero attached hydrogens (tertiary/aromatic N) is 1. The summed E-state index contributed by atoms with van der Waals surface area (Å²) in [7, 11) is 1.59. The summed E-state index contributed by atoms with van der Waals surface area (Å²) < 4.78 is 0. The lowest BCUT2D eigenvalue weighted by Crippen LogP contribution is -2.35. The third-order valence-corrected chi connectivity index (χ3v) is 5.64. The molecule has 0 radical (unpaired) electrons. The fourth-order valence-corrected chi connectivity index (χ4v) is 3.99. The molecule has 0 bridgehead atoms. The molecule has 1 aliphatic heterocycles. The summed E-state index contributed by atoms with van der Waals surface area (Å²) >= 11 is 1.58. The smallest absolute Gasteiger partial charge is 0.254 e. The molecule has 3 amide bonds. The minimum atomic E-state index is -0.275. The maximum Gasteiger partial charge on any atom is 0.254 e. The Kier molecular flexibility index (Phi) is 6.04. The number of amides is 3. The Bertz CT molecular complexity index is 922. The highest BCUT2D eigenvalue weighted by Crippen LogP contribution is 2.31. The van der Waals surface area contributed by atoms with Gasteiger partial charge in [-0.25, -0.2) is 0 Å². The predicted molar refractivity (Wildman–Crippen MR) is 112 cm³/mol. The number of nitrogens with one attached hydrogen (secondary N) is 2. The van der Waals surface area contributed by atoms with Crippen LogP contribution >= 0.6 is 11.8 Å². The molecule has 0 atom stereocenters. The molecule has 0 unspecified atom stereocenters. The zero-order valence-corrected chi connectivity index (χ0v) is 17.0. The van der Waals surface area contributed by atoms with Crippen LogP contribution in [0, 0.1) is 13.8 Å². The van der Waals surface area contributed by atoms with Gasteiger partial charge in [0.05, 0.1) is 12.2 Å². The van der Waals surface area contributed by atoms with Crippen molar-refractivity contribution in [1.29, 1.82) is 0 Å². The van der Waals surface area contributed by atoms with Gasteiger partial charge in [-0.3, -0.25) is 14.4 Å². The highest BCUT2D eigenvalue weighted by atomic mass is 32.2. The first-order valence-corrected chi connectivity index (χ1v) is 10.0. The van der Waals surface area contributed by atoms with Gasteiger partial charge in [-0.05, 0) is 43.2 Å². The molecule has 6 nitrogen and oxygen atoms in total. The van der Waals surface area contributed by atoms with Gasteiger partial charge >= 0.3 is 0 Å². The third kappa shape index (κ3) is 4.54. The first-order chi connectivity index (χ1) is 13.3. The van der Waals surface area contributed by atoms with Gasteiger partial charge in [-0.2, -0.15) is 0 Å². The second kappa shape index (κ2) is 8.48. The monoisotopic (exact) mass is 397 g/mol. The molecule has 1 heterocycles. The highest BCUT2D eigenvalue weighted by molar-refractivity contribution is 7.99. The van der Waals surface area contributed by atoms with E-state index < -0.39 is 0 Å². The van der Waals surface area contributed by atoms with Crippen molar-refractivity contribution in [2.75, 3.05) is 30.0 Å². The summed E-state index contributed by atoms with van der Waals surface area (Å²) in [4.78, 5) is 39.2. The van der Waals surface area contributed by atoms with Gasteiger partial charge in [0.25, 0.3) is 5.91 Å². The molecule has 7 heteroatoms. The quantitative estimate of drug-likeness (QED) is 0.828. The van der Waals surface area contributed by atoms with E-state index in [-0.39, 0.29) is 24.3 Å². The van der Waals surface area contributed by atoms with Crippen molar-refractivity contribution >= 4 is 40.9 Å². The number of aryl methyl sites for hydroxylation is 2. The number of hydrogen-bond donors (Lipinski definition) is 2. The van der Waals surface area contributed by atoms with Crippen LogP contribution in [0.15, 0.2) is 41.3 Å². The van der Waals surface area contributed by atoms with E-state index in [9.17, 15) is 14.4 Å². The van der Waals surface area contributed by atoms with Gasteiger partial charge < -0.3 is 15.5 Å². The number of anilines is 2. The van der Waals surface area contributed by atoms with Crippen LogP contribution in [0.1, 0.15) is 27.9 Å². The van der Waals surface area contributed by atoms with E-state index in [0.717, 1.165) is 21.7 Å². The lowest BCUT2D eigenvalue weighted by molar-refractivity contribution is -0.117. The van der Waals surface area contributed by atoms with Gasteiger partial charge in [0, 0.05) is 35.4 Å². The van der Waals surface area contributed by atoms with Crippen LogP contribution in [0.4, 0.5) is 11.4 Å². The number of thioether (sulfide) groups is 1. The van der Waals surface area contributed by atoms with E-state index in [2.05, 4.69) is 10.6 Å². The van der Waals surface area contributed by atoms with Crippen LogP contribution < -0.4 is 10.6 Å². The Balaban J connectivity index is 1.69. The van der Waals surface area contributed by atoms with Crippen molar-refractivity contribution in [1.82, 2.24) is 4.90 Å². The lowest BCUT2D eigenvalue weighted by Gasteiger charge is -2.19. The maximum atomic E-state index is 12.7. The average molecular weight is 398 g/mol. The molecule has 146 valence electrons. The van der Waals surface area contributed by atoms with Crippen molar-refractivity contribution in [3.8, 4) is 0 Å². The molecule has 0 aliphatic carbocycles. The summed E-state index contributed by atoms with van der Waals surface area (Å²) in [5.74, 6) is 0.122. The third-order valence-electron chi connectivity index (χ3n) is 4.56. The van der Waals surface area contributed by atoms with E-state index in [1.165, 1.54) is 4.90 Å². The number of carbonyl (C=O) groups is 3. The van der Waals surface area contributed by atoms with Gasteiger partial charge in [-0.1, -0.05) is 18.2 Å². The fourth-order valence-electron chi connectivity index (χ4n) is 3.05. The Morgan fingerprint density at radius 1 is 1.18 bits per heavy atom. The summed E-state index contributed by atoms with van der Waals surface area (Å²) in [5.41, 5.74) is 3.80. The van der Waals surface area contributed by atoms with Gasteiger partial charge in [0.2, 0.25) is 11.8 Å². The molecule has 0 fully saturated rings. The number of fused-ring (bicyclic) bond motifs is 1. The molecule has 0 saturated heterocycles. The first kappa shape index (κ1) is 19.9. The largest absolute Gasteiger partial charge is 0.332 e. The molecule has 28 heavy (non-hydrogen) atoms. The first-order valence-electron chi connectivity index (χ1n) is 9.03. The number of carbonyl (C=O) groups excluding carboxylic acids is 3. The van der Waals surface area contributed by atoms with Crippen LogP contribution in [0.25, 0.3) is 0 Å². The number of benzene rings is 2. The van der Waals surface area contributed by atoms with Crippen molar-refractivity contribution in [3.05, 3.63) is 53.1 Å². The van der Waals surface area contributed by atoms with E-state index in [4.69, 9.17) is 0 Å². The Morgan fingerprint density at radius 3 is 2.61 bits per heavy atom. The fraction of sp³-hybridized carbons (Fsp3) is 0.286. The molecule has 0 saturated carbocycles. The van der Waals surface area contributed by atoms with Crippen LogP contribution in [-0.2, 0) is 9.59 Å². The van der Waals surface area contributed by atoms with Crippen molar-refractivity contribution in [3.63, 3.8) is 0 Å². The Morgan fingerprint density at radius 2 is 1.89 bits per heavy atom. The zero-order valence-electron chi connectivity index (χ0n) is 16.2. The average Bonchev–Trinajstić information content (AvgIpc) is 2.84. The molecule has 1 aliphatic rings. The normalized spacial score (nSPS) is 13.2. The molecular formula is C21H23N3O3S. The van der Waals surface area contributed by atoms with Gasteiger partial charge in [0.1, 0.15) is 0 Å². The molecule has 2 aromatic rings. The number of likely N-dealkylation sites (N-methyl/N-ethyl adjacent to an activating group) is 1. The summed E-state index contributed by atoms with van der Waals surface area (Å²) in [6.45, 7) is 3.80. The maximum absolute atomic E-state index is 12.7. The number of rotatable bonds is 4. The molecule has 0 aromatic heterocycles. The van der Waals surface area contributed by atoms with Crippen molar-refractivity contribution < 1.29 is 14.4 Å². The minimum absolute atomic E-state index is 0.0582. The molecule has 2 N–H and O–H groups in total.